The molecule has 2 aromatic heterocycles. The number of ether oxygens (including phenoxy) is 1. The third kappa shape index (κ3) is 2.67. The predicted octanol–water partition coefficient (Wildman–Crippen LogP) is -0.767. The van der Waals surface area contributed by atoms with E-state index in [9.17, 15) is 24.9 Å². The molecule has 4 rings (SSSR count). The van der Waals surface area contributed by atoms with Gasteiger partial charge in [0.2, 0.25) is 5.91 Å². The first-order chi connectivity index (χ1) is 13.2. The molecule has 0 bridgehead atoms. The molecule has 0 saturated carbocycles. The minimum atomic E-state index is -1.75. The van der Waals surface area contributed by atoms with Gasteiger partial charge in [0, 0.05) is 23.9 Å². The molecule has 1 aliphatic rings. The van der Waals surface area contributed by atoms with E-state index in [0.29, 0.717) is 27.4 Å². The lowest BCUT2D eigenvalue weighted by Crippen LogP contribution is -2.44. The summed E-state index contributed by atoms with van der Waals surface area (Å²) in [7, 11) is 0. The summed E-state index contributed by atoms with van der Waals surface area (Å²) in [6.45, 7) is 2.23. The molecule has 0 aliphatic carbocycles. The second kappa shape index (κ2) is 6.34. The summed E-state index contributed by atoms with van der Waals surface area (Å²) in [6, 6.07) is 1.52. The molecule has 28 heavy (non-hydrogen) atoms. The number of hydrogen-bond donors (Lipinski definition) is 5. The highest BCUT2D eigenvalue weighted by molar-refractivity contribution is 6.17. The molecule has 0 unspecified atom stereocenters. The maximum atomic E-state index is 12.3. The van der Waals surface area contributed by atoms with Gasteiger partial charge in [-0.3, -0.25) is 9.59 Å². The Morgan fingerprint density at radius 2 is 2.21 bits per heavy atom. The van der Waals surface area contributed by atoms with Gasteiger partial charge in [0.1, 0.15) is 23.3 Å². The van der Waals surface area contributed by atoms with Crippen LogP contribution >= 0.6 is 0 Å². The number of aliphatic hydroxyl groups is 3. The van der Waals surface area contributed by atoms with E-state index in [-0.39, 0.29) is 5.91 Å². The molecule has 1 saturated heterocycles. The second-order valence-electron chi connectivity index (χ2n) is 7.02. The van der Waals surface area contributed by atoms with Gasteiger partial charge in [0.15, 0.2) is 6.23 Å². The summed E-state index contributed by atoms with van der Waals surface area (Å²) in [5.74, 6) is -0.325. The predicted molar refractivity (Wildman–Crippen MR) is 97.6 cm³/mol. The Labute approximate surface area is 157 Å². The third-order valence-corrected chi connectivity index (χ3v) is 4.94. The van der Waals surface area contributed by atoms with Crippen LogP contribution in [-0.2, 0) is 9.53 Å². The molecule has 11 nitrogen and oxygen atoms in total. The van der Waals surface area contributed by atoms with Gasteiger partial charge in [-0.2, -0.15) is 10.2 Å². The highest BCUT2D eigenvalue weighted by Crippen LogP contribution is 2.39. The molecule has 3 aromatic rings. The highest BCUT2D eigenvalue weighted by atomic mass is 16.6. The minimum absolute atomic E-state index is 0.290. The van der Waals surface area contributed by atoms with Crippen LogP contribution in [0, 0.1) is 0 Å². The lowest BCUT2D eigenvalue weighted by Gasteiger charge is -2.27. The van der Waals surface area contributed by atoms with Gasteiger partial charge in [0.25, 0.3) is 5.56 Å². The van der Waals surface area contributed by atoms with Crippen LogP contribution < -0.4 is 10.9 Å². The summed E-state index contributed by atoms with van der Waals surface area (Å²) < 4.78 is 6.89. The van der Waals surface area contributed by atoms with E-state index in [0.717, 1.165) is 0 Å². The Hall–Kier alpha value is -2.86. The van der Waals surface area contributed by atoms with Gasteiger partial charge < -0.3 is 25.4 Å². The zero-order valence-electron chi connectivity index (χ0n) is 15.1. The molecule has 1 amide bonds. The number of aliphatic hydroxyl groups excluding tert-OH is 2. The molecular weight excluding hydrogens is 370 g/mol. The minimum Gasteiger partial charge on any atom is -0.394 e. The Bertz CT molecular complexity index is 1140. The van der Waals surface area contributed by atoms with E-state index in [1.54, 1.807) is 0 Å². The number of carbonyl (C=O) groups excluding carboxylic acids is 1. The summed E-state index contributed by atoms with van der Waals surface area (Å²) in [5, 5.41) is 44.9. The van der Waals surface area contributed by atoms with Crippen molar-refractivity contribution in [3.05, 3.63) is 28.8 Å². The van der Waals surface area contributed by atoms with Crippen molar-refractivity contribution >= 4 is 33.3 Å². The number of H-pyrrole nitrogens is 1. The monoisotopic (exact) mass is 389 g/mol. The van der Waals surface area contributed by atoms with Crippen molar-refractivity contribution in [2.75, 3.05) is 11.9 Å². The van der Waals surface area contributed by atoms with Crippen molar-refractivity contribution in [1.82, 2.24) is 20.0 Å². The van der Waals surface area contributed by atoms with Gasteiger partial charge in [-0.15, -0.1) is 0 Å². The molecule has 5 N–H and O–H groups in total. The van der Waals surface area contributed by atoms with Crippen molar-refractivity contribution in [3.8, 4) is 0 Å². The molecule has 1 fully saturated rings. The lowest BCUT2D eigenvalue weighted by atomic mass is 9.97. The van der Waals surface area contributed by atoms with Crippen molar-refractivity contribution in [2.45, 2.75) is 37.9 Å². The summed E-state index contributed by atoms with van der Waals surface area (Å²) in [5.41, 5.74) is -1.50. The van der Waals surface area contributed by atoms with Gasteiger partial charge in [0.05, 0.1) is 23.9 Å². The van der Waals surface area contributed by atoms with Crippen molar-refractivity contribution in [1.29, 1.82) is 0 Å². The lowest BCUT2D eigenvalue weighted by molar-refractivity contribution is -0.114. The molecule has 148 valence electrons. The first kappa shape index (κ1) is 18.5. The second-order valence-corrected chi connectivity index (χ2v) is 7.02. The van der Waals surface area contributed by atoms with Gasteiger partial charge in [-0.25, -0.2) is 9.78 Å². The van der Waals surface area contributed by atoms with Crippen LogP contribution in [0.15, 0.2) is 23.3 Å². The van der Waals surface area contributed by atoms with E-state index in [1.807, 2.05) is 0 Å². The number of aromatic amines is 1. The number of nitrogens with zero attached hydrogens (tertiary/aromatic N) is 3. The molecule has 3 heterocycles. The van der Waals surface area contributed by atoms with E-state index < -0.39 is 36.2 Å². The molecule has 0 spiro atoms. The van der Waals surface area contributed by atoms with Crippen LogP contribution in [0.3, 0.4) is 0 Å². The first-order valence-electron chi connectivity index (χ1n) is 8.57. The van der Waals surface area contributed by atoms with Crippen molar-refractivity contribution in [3.63, 3.8) is 0 Å². The standard InChI is InChI=1S/C17H19N5O6/c1-7(24)19-10-3-8-13-9(10)5-22(21-11(13)4-18-20-15(8)26)16-17(2,27)14(25)12(6-23)28-16/h3-5,12,14,16,23,25,27H,6H2,1-2H3,(H,19,24)(H,20,26)/t12-,14-,16-,17-/m1/s1. The van der Waals surface area contributed by atoms with Crippen molar-refractivity contribution in [2.24, 2.45) is 0 Å². The van der Waals surface area contributed by atoms with Gasteiger partial charge in [-0.1, -0.05) is 0 Å². The Kier molecular flexibility index (Phi) is 4.19. The molecule has 1 aliphatic heterocycles. The van der Waals surface area contributed by atoms with Crippen LogP contribution in [0.5, 0.6) is 0 Å². The topological polar surface area (TPSA) is 163 Å². The molecule has 4 atom stereocenters. The zero-order chi connectivity index (χ0) is 20.2. The number of hydrogen-bond acceptors (Lipinski definition) is 8. The van der Waals surface area contributed by atoms with E-state index in [2.05, 4.69) is 20.6 Å². The number of rotatable bonds is 3. The maximum absolute atomic E-state index is 12.3. The number of anilines is 1. The average molecular weight is 389 g/mol. The normalized spacial score (nSPS) is 27.5. The molecule has 0 radical (unpaired) electrons. The van der Waals surface area contributed by atoms with Gasteiger partial charge in [-0.05, 0) is 13.0 Å². The van der Waals surface area contributed by atoms with E-state index in [4.69, 9.17) is 4.74 Å². The smallest absolute Gasteiger partial charge is 0.272 e. The first-order valence-corrected chi connectivity index (χ1v) is 8.57. The third-order valence-electron chi connectivity index (χ3n) is 4.94. The molecular formula is C17H19N5O6. The maximum Gasteiger partial charge on any atom is 0.272 e. The molecule has 1 aromatic carbocycles. The van der Waals surface area contributed by atoms with Crippen LogP contribution in [0.1, 0.15) is 20.1 Å². The van der Waals surface area contributed by atoms with E-state index in [1.165, 1.54) is 37.0 Å². The fourth-order valence-electron chi connectivity index (χ4n) is 3.59. The summed E-state index contributed by atoms with van der Waals surface area (Å²) in [4.78, 5) is 23.9. The zero-order valence-corrected chi connectivity index (χ0v) is 15.1. The number of aromatic nitrogens is 4. The molecule has 11 heteroatoms. The number of amides is 1. The largest absolute Gasteiger partial charge is 0.394 e. The Balaban J connectivity index is 1.99. The fraction of sp³-hybridized carbons (Fsp3) is 0.412. The SMILES string of the molecule is CC(=O)Nc1cc2c(=O)[nH]ncc3nn([C@@H]4O[C@H](CO)[C@@H](O)[C@@]4(C)O)cc1c32. The quantitative estimate of drug-likeness (QED) is 0.390. The van der Waals surface area contributed by atoms with Gasteiger partial charge >= 0.3 is 0 Å². The van der Waals surface area contributed by atoms with Crippen molar-refractivity contribution < 1.29 is 24.9 Å². The van der Waals surface area contributed by atoms with Crippen LogP contribution in [0.2, 0.25) is 0 Å². The average Bonchev–Trinajstić information content (AvgIpc) is 3.03. The van der Waals surface area contributed by atoms with Crippen LogP contribution in [0.4, 0.5) is 5.69 Å². The van der Waals surface area contributed by atoms with Crippen LogP contribution in [-0.4, -0.2) is 65.6 Å². The Morgan fingerprint density at radius 3 is 2.86 bits per heavy atom. The Morgan fingerprint density at radius 1 is 1.46 bits per heavy atom. The highest BCUT2D eigenvalue weighted by Gasteiger charge is 2.53. The fourth-order valence-corrected chi connectivity index (χ4v) is 3.59. The summed E-state index contributed by atoms with van der Waals surface area (Å²) >= 11 is 0. The number of nitrogens with one attached hydrogen (secondary N) is 2. The summed E-state index contributed by atoms with van der Waals surface area (Å²) in [6.07, 6.45) is -0.608. The van der Waals surface area contributed by atoms with Crippen LogP contribution in [0.25, 0.3) is 21.7 Å². The van der Waals surface area contributed by atoms with E-state index >= 15 is 0 Å². The number of carbonyl (C=O) groups is 1.